The molecule has 0 spiro atoms. The Bertz CT molecular complexity index is 864. The van der Waals surface area contributed by atoms with Crippen molar-refractivity contribution in [2.24, 2.45) is 0 Å². The average molecular weight is 416 g/mol. The molecule has 158 valence electrons. The maximum atomic E-state index is 11.9. The van der Waals surface area contributed by atoms with Crippen LogP contribution < -0.4 is 16.0 Å². The van der Waals surface area contributed by atoms with Gasteiger partial charge in [-0.05, 0) is 5.56 Å². The molecule has 0 bridgehead atoms. The van der Waals surface area contributed by atoms with E-state index >= 15 is 0 Å². The van der Waals surface area contributed by atoms with E-state index in [1.807, 2.05) is 0 Å². The van der Waals surface area contributed by atoms with Crippen LogP contribution in [0.3, 0.4) is 0 Å². The molecular formula is C19H20N4O7. The predicted octanol–water partition coefficient (Wildman–Crippen LogP) is -2.04. The minimum atomic E-state index is -1.22. The summed E-state index contributed by atoms with van der Waals surface area (Å²) in [6.45, 7) is -1.50. The van der Waals surface area contributed by atoms with Crippen molar-refractivity contribution in [3.8, 4) is 0 Å². The predicted molar refractivity (Wildman–Crippen MR) is 102 cm³/mol. The van der Waals surface area contributed by atoms with E-state index in [1.165, 1.54) is 0 Å². The second-order valence-corrected chi connectivity index (χ2v) is 6.30. The number of nitrogens with zero attached hydrogens (tertiary/aromatic N) is 1. The number of aliphatic carboxylic acids is 1. The van der Waals surface area contributed by atoms with Crippen LogP contribution in [0.4, 0.5) is 0 Å². The highest BCUT2D eigenvalue weighted by Crippen LogP contribution is 2.04. The topological polar surface area (TPSA) is 162 Å². The molecule has 0 aromatic heterocycles. The van der Waals surface area contributed by atoms with Gasteiger partial charge in [-0.3, -0.25) is 28.9 Å². The average Bonchev–Trinajstić information content (AvgIpc) is 3.03. The molecule has 0 aliphatic carbocycles. The third-order valence-corrected chi connectivity index (χ3v) is 4.01. The van der Waals surface area contributed by atoms with Crippen molar-refractivity contribution in [3.05, 3.63) is 48.0 Å². The second-order valence-electron chi connectivity index (χ2n) is 6.30. The number of imide groups is 1. The zero-order valence-electron chi connectivity index (χ0n) is 15.8. The van der Waals surface area contributed by atoms with Crippen molar-refractivity contribution in [3.63, 3.8) is 0 Å². The van der Waals surface area contributed by atoms with E-state index in [0.29, 0.717) is 4.90 Å². The Morgan fingerprint density at radius 2 is 1.43 bits per heavy atom. The van der Waals surface area contributed by atoms with E-state index in [9.17, 15) is 33.9 Å². The fourth-order valence-corrected chi connectivity index (χ4v) is 2.50. The van der Waals surface area contributed by atoms with Crippen LogP contribution >= 0.6 is 0 Å². The van der Waals surface area contributed by atoms with Crippen LogP contribution in [0.5, 0.6) is 0 Å². The van der Waals surface area contributed by atoms with Crippen molar-refractivity contribution < 1.29 is 33.9 Å². The Hall–Kier alpha value is -4.02. The van der Waals surface area contributed by atoms with E-state index in [4.69, 9.17) is 0 Å². The van der Waals surface area contributed by atoms with Gasteiger partial charge in [-0.25, -0.2) is 4.79 Å². The van der Waals surface area contributed by atoms with Crippen LogP contribution in [0.25, 0.3) is 0 Å². The number of carboxylic acid groups (broad SMARTS) is 1. The van der Waals surface area contributed by atoms with Gasteiger partial charge in [0.05, 0.1) is 13.1 Å². The molecule has 0 saturated carbocycles. The first-order valence-electron chi connectivity index (χ1n) is 8.89. The van der Waals surface area contributed by atoms with Gasteiger partial charge < -0.3 is 21.1 Å². The molecule has 0 fully saturated rings. The van der Waals surface area contributed by atoms with Crippen LogP contribution in [-0.2, 0) is 35.2 Å². The molecule has 2 rings (SSSR count). The van der Waals surface area contributed by atoms with E-state index in [2.05, 4.69) is 16.0 Å². The molecule has 1 aromatic carbocycles. The first-order valence-corrected chi connectivity index (χ1v) is 8.89. The highest BCUT2D eigenvalue weighted by molar-refractivity contribution is 6.14. The summed E-state index contributed by atoms with van der Waals surface area (Å²) in [7, 11) is 0. The fourth-order valence-electron chi connectivity index (χ4n) is 2.50. The van der Waals surface area contributed by atoms with E-state index in [0.717, 1.165) is 17.7 Å². The summed E-state index contributed by atoms with van der Waals surface area (Å²) in [6, 6.07) is 7.57. The molecule has 0 unspecified atom stereocenters. The van der Waals surface area contributed by atoms with E-state index in [1.54, 1.807) is 30.3 Å². The Labute approximate surface area is 171 Å². The summed E-state index contributed by atoms with van der Waals surface area (Å²) in [5.41, 5.74) is 0.724. The molecule has 0 saturated heterocycles. The largest absolute Gasteiger partial charge is 0.480 e. The molecule has 5 amide bonds. The SMILES string of the molecule is O=C(CNC(=O)CN1C(=O)C=CC1=O)NCC(=O)N[C@@H](Cc1ccccc1)C(=O)O. The van der Waals surface area contributed by atoms with Crippen LogP contribution in [0.1, 0.15) is 5.56 Å². The minimum Gasteiger partial charge on any atom is -0.480 e. The Morgan fingerprint density at radius 3 is 2.03 bits per heavy atom. The first kappa shape index (κ1) is 22.3. The van der Waals surface area contributed by atoms with Gasteiger partial charge >= 0.3 is 5.97 Å². The lowest BCUT2D eigenvalue weighted by atomic mass is 10.1. The summed E-state index contributed by atoms with van der Waals surface area (Å²) < 4.78 is 0. The van der Waals surface area contributed by atoms with Gasteiger partial charge in [-0.1, -0.05) is 30.3 Å². The van der Waals surface area contributed by atoms with Gasteiger partial charge in [0.25, 0.3) is 11.8 Å². The van der Waals surface area contributed by atoms with Gasteiger partial charge in [-0.15, -0.1) is 0 Å². The molecule has 11 nitrogen and oxygen atoms in total. The van der Waals surface area contributed by atoms with Crippen LogP contribution in [0.15, 0.2) is 42.5 Å². The third-order valence-electron chi connectivity index (χ3n) is 4.01. The molecular weight excluding hydrogens is 396 g/mol. The number of nitrogens with one attached hydrogen (secondary N) is 3. The van der Waals surface area contributed by atoms with E-state index < -0.39 is 61.2 Å². The Balaban J connectivity index is 1.70. The highest BCUT2D eigenvalue weighted by Gasteiger charge is 2.25. The summed E-state index contributed by atoms with van der Waals surface area (Å²) >= 11 is 0. The van der Waals surface area contributed by atoms with Gasteiger partial charge in [0.2, 0.25) is 17.7 Å². The standard InChI is InChI=1S/C19H20N4O7/c24-14(9-21-16(26)11-23-17(27)6-7-18(23)28)20-10-15(25)22-13(19(29)30)8-12-4-2-1-3-5-12/h1-7,13H,8-11H2,(H,20,24)(H,21,26)(H,22,25)(H,29,30)/t13-/m0/s1. The lowest BCUT2D eigenvalue weighted by molar-refractivity contribution is -0.141. The Morgan fingerprint density at radius 1 is 0.867 bits per heavy atom. The van der Waals surface area contributed by atoms with Gasteiger partial charge in [0, 0.05) is 18.6 Å². The number of hydrogen-bond acceptors (Lipinski definition) is 6. The molecule has 1 heterocycles. The first-order chi connectivity index (χ1) is 14.3. The maximum absolute atomic E-state index is 11.9. The number of carboxylic acids is 1. The van der Waals surface area contributed by atoms with E-state index in [-0.39, 0.29) is 6.42 Å². The van der Waals surface area contributed by atoms with Crippen molar-refractivity contribution >= 4 is 35.5 Å². The normalized spacial score (nSPS) is 13.7. The molecule has 11 heteroatoms. The van der Waals surface area contributed by atoms with Crippen molar-refractivity contribution in [1.82, 2.24) is 20.9 Å². The van der Waals surface area contributed by atoms with Crippen LogP contribution in [0.2, 0.25) is 0 Å². The molecule has 1 aromatic rings. The third kappa shape index (κ3) is 6.86. The fraction of sp³-hybridized carbons (Fsp3) is 0.263. The zero-order valence-corrected chi connectivity index (χ0v) is 15.8. The van der Waals surface area contributed by atoms with Crippen molar-refractivity contribution in [1.29, 1.82) is 0 Å². The summed E-state index contributed by atoms with van der Waals surface area (Å²) in [5, 5.41) is 16.0. The zero-order chi connectivity index (χ0) is 22.1. The number of hydrogen-bond donors (Lipinski definition) is 4. The van der Waals surface area contributed by atoms with Gasteiger partial charge in [0.1, 0.15) is 12.6 Å². The molecule has 4 N–H and O–H groups in total. The Kier molecular flexibility index (Phi) is 7.80. The van der Waals surface area contributed by atoms with Crippen molar-refractivity contribution in [2.45, 2.75) is 12.5 Å². The number of amides is 5. The number of carbonyl (C=O) groups is 6. The number of carbonyl (C=O) groups excluding carboxylic acids is 5. The smallest absolute Gasteiger partial charge is 0.326 e. The summed E-state index contributed by atoms with van der Waals surface area (Å²) in [4.78, 5) is 70.2. The number of rotatable bonds is 10. The monoisotopic (exact) mass is 416 g/mol. The summed E-state index contributed by atoms with van der Waals surface area (Å²) in [6.07, 6.45) is 2.14. The molecule has 30 heavy (non-hydrogen) atoms. The molecule has 0 radical (unpaired) electrons. The van der Waals surface area contributed by atoms with Crippen LogP contribution in [-0.4, -0.2) is 71.2 Å². The molecule has 1 aliphatic rings. The van der Waals surface area contributed by atoms with Crippen LogP contribution in [0, 0.1) is 0 Å². The summed E-state index contributed by atoms with van der Waals surface area (Å²) in [5.74, 6) is -4.61. The quantitative estimate of drug-likeness (QED) is 0.319. The molecule has 1 aliphatic heterocycles. The highest BCUT2D eigenvalue weighted by atomic mass is 16.4. The minimum absolute atomic E-state index is 0.0781. The van der Waals surface area contributed by atoms with Gasteiger partial charge in [0.15, 0.2) is 0 Å². The maximum Gasteiger partial charge on any atom is 0.326 e. The number of benzene rings is 1. The second kappa shape index (κ2) is 10.5. The molecule has 1 atom stereocenters. The van der Waals surface area contributed by atoms with Gasteiger partial charge in [-0.2, -0.15) is 0 Å². The lowest BCUT2D eigenvalue weighted by Gasteiger charge is -2.15. The lowest BCUT2D eigenvalue weighted by Crippen LogP contribution is -2.48. The van der Waals surface area contributed by atoms with Crippen molar-refractivity contribution in [2.75, 3.05) is 19.6 Å².